The Morgan fingerprint density at radius 3 is 2.43 bits per heavy atom. The maximum Gasteiger partial charge on any atom is 0.295 e. The van der Waals surface area contributed by atoms with Crippen molar-refractivity contribution in [1.29, 1.82) is 0 Å². The lowest BCUT2D eigenvalue weighted by Gasteiger charge is -2.29. The van der Waals surface area contributed by atoms with Crippen molar-refractivity contribution in [2.75, 3.05) is 46.0 Å². The van der Waals surface area contributed by atoms with Gasteiger partial charge in [-0.05, 0) is 56.0 Å². The van der Waals surface area contributed by atoms with E-state index in [1.807, 2.05) is 50.2 Å². The van der Waals surface area contributed by atoms with Crippen molar-refractivity contribution in [3.63, 3.8) is 0 Å². The third-order valence-corrected chi connectivity index (χ3v) is 7.11. The van der Waals surface area contributed by atoms with Crippen LogP contribution < -0.4 is 4.74 Å². The standard InChI is InChI=1S/C30H38N2O5/c1-4-5-17-37-25-12-11-24(20-22(25)3)28(33)26-27(23-9-7-21(2)8-10-23)32(30(35)29(26)34)14-6-13-31-15-18-36-19-16-31/h7-12,20,27,33H,4-6,13-19H2,1-3H3/b28-26+/t27-/m0/s1. The molecule has 0 bridgehead atoms. The van der Waals surface area contributed by atoms with Gasteiger partial charge in [0.25, 0.3) is 11.7 Å². The number of rotatable bonds is 10. The zero-order valence-corrected chi connectivity index (χ0v) is 22.2. The number of morpholine rings is 1. The molecule has 0 spiro atoms. The van der Waals surface area contributed by atoms with E-state index in [-0.39, 0.29) is 11.3 Å². The number of Topliss-reactive ketones (excluding diaryl/α,β-unsaturated/α-hetero) is 1. The highest BCUT2D eigenvalue weighted by Crippen LogP contribution is 2.40. The number of unbranched alkanes of at least 4 members (excludes halogenated alkanes) is 1. The summed E-state index contributed by atoms with van der Waals surface area (Å²) in [6.45, 7) is 11.1. The lowest BCUT2D eigenvalue weighted by atomic mass is 9.94. The number of nitrogens with zero attached hydrogens (tertiary/aromatic N) is 2. The first kappa shape index (κ1) is 26.9. The normalized spacial score (nSPS) is 20.0. The first-order valence-corrected chi connectivity index (χ1v) is 13.3. The predicted octanol–water partition coefficient (Wildman–Crippen LogP) is 4.63. The second kappa shape index (κ2) is 12.4. The first-order chi connectivity index (χ1) is 17.9. The fraction of sp³-hybridized carbons (Fsp3) is 0.467. The largest absolute Gasteiger partial charge is 0.507 e. The Kier molecular flexibility index (Phi) is 9.00. The molecular weight excluding hydrogens is 468 g/mol. The van der Waals surface area contributed by atoms with Gasteiger partial charge in [0.05, 0.1) is 31.4 Å². The van der Waals surface area contributed by atoms with Crippen LogP contribution in [0, 0.1) is 13.8 Å². The minimum Gasteiger partial charge on any atom is -0.507 e. The quantitative estimate of drug-likeness (QED) is 0.219. The van der Waals surface area contributed by atoms with Crippen LogP contribution in [-0.4, -0.2) is 72.6 Å². The Labute approximate surface area is 219 Å². The number of aliphatic hydroxyl groups excluding tert-OH is 1. The van der Waals surface area contributed by atoms with Gasteiger partial charge in [0.1, 0.15) is 11.5 Å². The third-order valence-electron chi connectivity index (χ3n) is 7.11. The summed E-state index contributed by atoms with van der Waals surface area (Å²) < 4.78 is 11.3. The molecule has 0 unspecified atom stereocenters. The monoisotopic (exact) mass is 506 g/mol. The molecule has 0 saturated carbocycles. The Morgan fingerprint density at radius 2 is 1.76 bits per heavy atom. The Hall–Kier alpha value is -3.16. The van der Waals surface area contributed by atoms with Gasteiger partial charge in [-0.25, -0.2) is 0 Å². The number of ether oxygens (including phenoxy) is 2. The van der Waals surface area contributed by atoms with Gasteiger partial charge < -0.3 is 19.5 Å². The van der Waals surface area contributed by atoms with Crippen LogP contribution in [0.15, 0.2) is 48.0 Å². The van der Waals surface area contributed by atoms with Crippen molar-refractivity contribution in [2.45, 2.75) is 46.1 Å². The summed E-state index contributed by atoms with van der Waals surface area (Å²) in [7, 11) is 0. The highest BCUT2D eigenvalue weighted by molar-refractivity contribution is 6.46. The number of likely N-dealkylation sites (tertiary alicyclic amines) is 1. The fourth-order valence-electron chi connectivity index (χ4n) is 4.94. The molecule has 2 aromatic carbocycles. The lowest BCUT2D eigenvalue weighted by Crippen LogP contribution is -2.38. The van der Waals surface area contributed by atoms with Crippen molar-refractivity contribution >= 4 is 17.4 Å². The molecule has 2 fully saturated rings. The van der Waals surface area contributed by atoms with Gasteiger partial charge in [0, 0.05) is 31.7 Å². The predicted molar refractivity (Wildman–Crippen MR) is 144 cm³/mol. The van der Waals surface area contributed by atoms with E-state index in [2.05, 4.69) is 11.8 Å². The average molecular weight is 507 g/mol. The SMILES string of the molecule is CCCCOc1ccc(/C(O)=C2\C(=O)C(=O)N(CCCN3CCOCC3)[C@H]2c2ccc(C)cc2)cc1C. The molecule has 1 atom stereocenters. The van der Waals surface area contributed by atoms with Crippen LogP contribution in [0.25, 0.3) is 5.76 Å². The lowest BCUT2D eigenvalue weighted by molar-refractivity contribution is -0.140. The molecule has 0 aliphatic carbocycles. The summed E-state index contributed by atoms with van der Waals surface area (Å²) in [6, 6.07) is 12.6. The van der Waals surface area contributed by atoms with Crippen LogP contribution in [-0.2, 0) is 14.3 Å². The van der Waals surface area contributed by atoms with E-state index in [0.29, 0.717) is 18.7 Å². The van der Waals surface area contributed by atoms with Crippen molar-refractivity contribution in [3.05, 3.63) is 70.3 Å². The number of ketones is 1. The summed E-state index contributed by atoms with van der Waals surface area (Å²) in [5.74, 6) is -0.604. The number of aryl methyl sites for hydroxylation is 2. The molecule has 0 aromatic heterocycles. The molecular formula is C30H38N2O5. The number of aliphatic hydroxyl groups is 1. The van der Waals surface area contributed by atoms with Crippen molar-refractivity contribution < 1.29 is 24.2 Å². The molecule has 198 valence electrons. The molecule has 2 aromatic rings. The van der Waals surface area contributed by atoms with Gasteiger partial charge in [-0.15, -0.1) is 0 Å². The second-order valence-corrected chi connectivity index (χ2v) is 9.89. The minimum atomic E-state index is -0.643. The van der Waals surface area contributed by atoms with E-state index < -0.39 is 17.7 Å². The Balaban J connectivity index is 1.64. The van der Waals surface area contributed by atoms with Crippen molar-refractivity contribution in [1.82, 2.24) is 9.80 Å². The van der Waals surface area contributed by atoms with Crippen LogP contribution in [0.5, 0.6) is 5.75 Å². The molecule has 2 aliphatic heterocycles. The third kappa shape index (κ3) is 6.22. The van der Waals surface area contributed by atoms with Crippen LogP contribution in [0.4, 0.5) is 0 Å². The van der Waals surface area contributed by atoms with E-state index in [9.17, 15) is 14.7 Å². The highest BCUT2D eigenvalue weighted by atomic mass is 16.5. The number of hydrogen-bond donors (Lipinski definition) is 1. The first-order valence-electron chi connectivity index (χ1n) is 13.3. The molecule has 4 rings (SSSR count). The Bertz CT molecular complexity index is 1140. The molecule has 2 aliphatic rings. The van der Waals surface area contributed by atoms with Gasteiger partial charge in [0.15, 0.2) is 0 Å². The highest BCUT2D eigenvalue weighted by Gasteiger charge is 2.45. The second-order valence-electron chi connectivity index (χ2n) is 9.89. The summed E-state index contributed by atoms with van der Waals surface area (Å²) >= 11 is 0. The van der Waals surface area contributed by atoms with E-state index in [1.54, 1.807) is 11.0 Å². The fourth-order valence-corrected chi connectivity index (χ4v) is 4.94. The summed E-state index contributed by atoms with van der Waals surface area (Å²) in [4.78, 5) is 30.5. The number of amides is 1. The van der Waals surface area contributed by atoms with Crippen molar-refractivity contribution in [3.8, 4) is 5.75 Å². The summed E-state index contributed by atoms with van der Waals surface area (Å²) in [5, 5.41) is 11.4. The van der Waals surface area contributed by atoms with E-state index in [1.165, 1.54) is 0 Å². The molecule has 37 heavy (non-hydrogen) atoms. The minimum absolute atomic E-state index is 0.138. The van der Waals surface area contributed by atoms with Crippen LogP contribution in [0.3, 0.4) is 0 Å². The van der Waals surface area contributed by atoms with Gasteiger partial charge in [0.2, 0.25) is 0 Å². The van der Waals surface area contributed by atoms with E-state index in [4.69, 9.17) is 9.47 Å². The average Bonchev–Trinajstić information content (AvgIpc) is 3.15. The summed E-state index contributed by atoms with van der Waals surface area (Å²) in [6.07, 6.45) is 2.74. The van der Waals surface area contributed by atoms with Gasteiger partial charge >= 0.3 is 0 Å². The zero-order valence-electron chi connectivity index (χ0n) is 22.2. The molecule has 0 radical (unpaired) electrons. The maximum absolute atomic E-state index is 13.3. The van der Waals surface area contributed by atoms with Crippen LogP contribution >= 0.6 is 0 Å². The van der Waals surface area contributed by atoms with Gasteiger partial charge in [-0.2, -0.15) is 0 Å². The molecule has 1 N–H and O–H groups in total. The molecule has 7 heteroatoms. The molecule has 2 saturated heterocycles. The van der Waals surface area contributed by atoms with E-state index >= 15 is 0 Å². The number of carbonyl (C=O) groups is 2. The maximum atomic E-state index is 13.3. The van der Waals surface area contributed by atoms with Gasteiger partial charge in [-0.3, -0.25) is 14.5 Å². The smallest absolute Gasteiger partial charge is 0.295 e. The topological polar surface area (TPSA) is 79.3 Å². The Morgan fingerprint density at radius 1 is 1.03 bits per heavy atom. The molecule has 7 nitrogen and oxygen atoms in total. The van der Waals surface area contributed by atoms with Crippen LogP contribution in [0.1, 0.15) is 54.5 Å². The molecule has 2 heterocycles. The number of hydrogen-bond acceptors (Lipinski definition) is 6. The zero-order chi connectivity index (χ0) is 26.4. The van der Waals surface area contributed by atoms with E-state index in [0.717, 1.165) is 74.6 Å². The molecule has 1 amide bonds. The van der Waals surface area contributed by atoms with Crippen LogP contribution in [0.2, 0.25) is 0 Å². The number of carbonyl (C=O) groups excluding carboxylic acids is 2. The number of benzene rings is 2. The summed E-state index contributed by atoms with van der Waals surface area (Å²) in [5.41, 5.74) is 3.41. The van der Waals surface area contributed by atoms with Crippen molar-refractivity contribution in [2.24, 2.45) is 0 Å². The van der Waals surface area contributed by atoms with Gasteiger partial charge in [-0.1, -0.05) is 43.2 Å².